The highest BCUT2D eigenvalue weighted by molar-refractivity contribution is 5.67. The van der Waals surface area contributed by atoms with Crippen molar-refractivity contribution in [1.82, 2.24) is 0 Å². The van der Waals surface area contributed by atoms with E-state index in [1.54, 1.807) is 0 Å². The summed E-state index contributed by atoms with van der Waals surface area (Å²) in [5, 5.41) is 9.23. The molecule has 3 nitrogen and oxygen atoms in total. The molecular formula is C11H18N2O. The molecule has 0 saturated heterocycles. The first kappa shape index (κ1) is 10.9. The maximum Gasteiger partial charge on any atom is 0.0658 e. The monoisotopic (exact) mass is 194 g/mol. The van der Waals surface area contributed by atoms with Gasteiger partial charge in [-0.25, -0.2) is 0 Å². The summed E-state index contributed by atoms with van der Waals surface area (Å²) in [4.78, 5) is 1.99. The zero-order valence-corrected chi connectivity index (χ0v) is 8.99. The van der Waals surface area contributed by atoms with Crippen LogP contribution in [-0.2, 0) is 0 Å². The van der Waals surface area contributed by atoms with Crippen LogP contribution in [0.5, 0.6) is 0 Å². The van der Waals surface area contributed by atoms with Gasteiger partial charge in [0.1, 0.15) is 0 Å². The highest BCUT2D eigenvalue weighted by Crippen LogP contribution is 2.27. The van der Waals surface area contributed by atoms with Crippen LogP contribution in [-0.4, -0.2) is 24.3 Å². The molecule has 0 fully saturated rings. The molecule has 0 aliphatic heterocycles. The highest BCUT2D eigenvalue weighted by atomic mass is 16.3. The molecule has 3 heteroatoms. The average Bonchev–Trinajstić information content (AvgIpc) is 2.17. The van der Waals surface area contributed by atoms with E-state index in [2.05, 4.69) is 0 Å². The Balaban J connectivity index is 3.00. The molecular weight excluding hydrogens is 176 g/mol. The Morgan fingerprint density at radius 2 is 1.93 bits per heavy atom. The zero-order valence-electron chi connectivity index (χ0n) is 8.99. The number of para-hydroxylation sites is 2. The summed E-state index contributed by atoms with van der Waals surface area (Å²) >= 11 is 0. The second kappa shape index (κ2) is 3.88. The van der Waals surface area contributed by atoms with Gasteiger partial charge in [-0.2, -0.15) is 0 Å². The lowest BCUT2D eigenvalue weighted by Gasteiger charge is -2.36. The molecule has 3 N–H and O–H groups in total. The molecule has 0 aromatic heterocycles. The Kier molecular flexibility index (Phi) is 3.01. The molecule has 0 unspecified atom stereocenters. The first-order chi connectivity index (χ1) is 6.49. The van der Waals surface area contributed by atoms with E-state index in [9.17, 15) is 5.11 Å². The third kappa shape index (κ3) is 1.99. The molecule has 0 atom stereocenters. The Bertz CT molecular complexity index is 310. The third-order valence-corrected chi connectivity index (χ3v) is 2.59. The number of hydrogen-bond donors (Lipinski definition) is 2. The van der Waals surface area contributed by atoms with E-state index in [4.69, 9.17) is 5.73 Å². The molecule has 0 saturated carbocycles. The summed E-state index contributed by atoms with van der Waals surface area (Å²) in [5.41, 5.74) is 7.24. The lowest BCUT2D eigenvalue weighted by atomic mass is 10.0. The predicted octanol–water partition coefficient (Wildman–Crippen LogP) is 1.48. The van der Waals surface area contributed by atoms with Gasteiger partial charge in [-0.1, -0.05) is 12.1 Å². The molecule has 0 bridgehead atoms. The third-order valence-electron chi connectivity index (χ3n) is 2.59. The molecule has 14 heavy (non-hydrogen) atoms. The van der Waals surface area contributed by atoms with E-state index in [0.29, 0.717) is 0 Å². The molecule has 1 aromatic carbocycles. The minimum atomic E-state index is -0.296. The second-order valence-electron chi connectivity index (χ2n) is 4.09. The van der Waals surface area contributed by atoms with Crippen molar-refractivity contribution in [3.8, 4) is 0 Å². The quantitative estimate of drug-likeness (QED) is 0.716. The van der Waals surface area contributed by atoms with Crippen LogP contribution in [0.25, 0.3) is 0 Å². The van der Waals surface area contributed by atoms with Crippen molar-refractivity contribution >= 4 is 11.4 Å². The number of hydrogen-bond acceptors (Lipinski definition) is 3. The first-order valence-electron chi connectivity index (χ1n) is 4.68. The van der Waals surface area contributed by atoms with Crippen LogP contribution >= 0.6 is 0 Å². The van der Waals surface area contributed by atoms with E-state index < -0.39 is 0 Å². The van der Waals surface area contributed by atoms with Crippen molar-refractivity contribution in [3.63, 3.8) is 0 Å². The minimum absolute atomic E-state index is 0.0951. The predicted molar refractivity (Wildman–Crippen MR) is 60.4 cm³/mol. The summed E-state index contributed by atoms with van der Waals surface area (Å²) in [6.45, 7) is 4.04. The van der Waals surface area contributed by atoms with Crippen LogP contribution in [0.4, 0.5) is 11.4 Å². The summed E-state index contributed by atoms with van der Waals surface area (Å²) in [5.74, 6) is 0. The number of nitrogens with two attached hydrogens (primary N) is 1. The highest BCUT2D eigenvalue weighted by Gasteiger charge is 2.23. The molecule has 1 rings (SSSR count). The number of likely N-dealkylation sites (N-methyl/N-ethyl adjacent to an activating group) is 1. The van der Waals surface area contributed by atoms with Crippen molar-refractivity contribution in [3.05, 3.63) is 24.3 Å². The maximum absolute atomic E-state index is 9.23. The van der Waals surface area contributed by atoms with Gasteiger partial charge in [0.05, 0.1) is 23.5 Å². The van der Waals surface area contributed by atoms with Crippen LogP contribution in [0.15, 0.2) is 24.3 Å². The molecule has 78 valence electrons. The number of rotatable bonds is 3. The van der Waals surface area contributed by atoms with Crippen LogP contribution in [0.2, 0.25) is 0 Å². The Morgan fingerprint density at radius 3 is 2.43 bits per heavy atom. The lowest BCUT2D eigenvalue weighted by molar-refractivity contribution is 0.216. The van der Waals surface area contributed by atoms with Crippen molar-refractivity contribution in [2.45, 2.75) is 19.4 Å². The van der Waals surface area contributed by atoms with Gasteiger partial charge >= 0.3 is 0 Å². The van der Waals surface area contributed by atoms with Crippen molar-refractivity contribution in [1.29, 1.82) is 0 Å². The minimum Gasteiger partial charge on any atom is -0.397 e. The van der Waals surface area contributed by atoms with Gasteiger partial charge in [0.25, 0.3) is 0 Å². The van der Waals surface area contributed by atoms with Gasteiger partial charge < -0.3 is 15.7 Å². The first-order valence-corrected chi connectivity index (χ1v) is 4.68. The van der Waals surface area contributed by atoms with Crippen LogP contribution in [0.3, 0.4) is 0 Å². The van der Waals surface area contributed by atoms with Gasteiger partial charge in [0, 0.05) is 7.05 Å². The van der Waals surface area contributed by atoms with Gasteiger partial charge in [0.15, 0.2) is 0 Å². The number of aliphatic hydroxyl groups excluding tert-OH is 1. The molecule has 0 heterocycles. The fraction of sp³-hybridized carbons (Fsp3) is 0.455. The van der Waals surface area contributed by atoms with Gasteiger partial charge in [-0.3, -0.25) is 0 Å². The van der Waals surface area contributed by atoms with Crippen LogP contribution in [0.1, 0.15) is 13.8 Å². The lowest BCUT2D eigenvalue weighted by Crippen LogP contribution is -2.44. The summed E-state index contributed by atoms with van der Waals surface area (Å²) < 4.78 is 0. The topological polar surface area (TPSA) is 49.5 Å². The standard InChI is InChI=1S/C11H18N2O/c1-11(2,8-14)13(3)10-7-5-4-6-9(10)12/h4-7,14H,8,12H2,1-3H3. The Hall–Kier alpha value is -1.22. The number of nitrogens with zero attached hydrogens (tertiary/aromatic N) is 1. The summed E-state index contributed by atoms with van der Waals surface area (Å²) in [6.07, 6.45) is 0. The van der Waals surface area contributed by atoms with E-state index in [1.165, 1.54) is 0 Å². The zero-order chi connectivity index (χ0) is 10.8. The average molecular weight is 194 g/mol. The molecule has 0 radical (unpaired) electrons. The summed E-state index contributed by atoms with van der Waals surface area (Å²) in [6, 6.07) is 7.65. The number of benzene rings is 1. The van der Waals surface area contributed by atoms with Crippen LogP contribution < -0.4 is 10.6 Å². The molecule has 0 spiro atoms. The van der Waals surface area contributed by atoms with E-state index in [0.717, 1.165) is 11.4 Å². The molecule has 0 amide bonds. The fourth-order valence-electron chi connectivity index (χ4n) is 1.23. The second-order valence-corrected chi connectivity index (χ2v) is 4.09. The normalized spacial score (nSPS) is 11.4. The molecule has 0 aliphatic carbocycles. The smallest absolute Gasteiger partial charge is 0.0658 e. The van der Waals surface area contributed by atoms with E-state index in [-0.39, 0.29) is 12.1 Å². The number of aliphatic hydroxyl groups is 1. The van der Waals surface area contributed by atoms with E-state index in [1.807, 2.05) is 50.1 Å². The SMILES string of the molecule is CN(c1ccccc1N)C(C)(C)CO. The largest absolute Gasteiger partial charge is 0.397 e. The molecule has 1 aromatic rings. The Morgan fingerprint density at radius 1 is 1.36 bits per heavy atom. The maximum atomic E-state index is 9.23. The van der Waals surface area contributed by atoms with Crippen molar-refractivity contribution in [2.24, 2.45) is 0 Å². The van der Waals surface area contributed by atoms with Gasteiger partial charge in [0.2, 0.25) is 0 Å². The Labute approximate surface area is 85.2 Å². The fourth-order valence-corrected chi connectivity index (χ4v) is 1.23. The van der Waals surface area contributed by atoms with Gasteiger partial charge in [-0.15, -0.1) is 0 Å². The van der Waals surface area contributed by atoms with E-state index >= 15 is 0 Å². The van der Waals surface area contributed by atoms with Crippen LogP contribution in [0, 0.1) is 0 Å². The number of nitrogen functional groups attached to an aromatic ring is 1. The van der Waals surface area contributed by atoms with Gasteiger partial charge in [-0.05, 0) is 26.0 Å². The van der Waals surface area contributed by atoms with Crippen molar-refractivity contribution < 1.29 is 5.11 Å². The number of anilines is 2. The summed E-state index contributed by atoms with van der Waals surface area (Å²) in [7, 11) is 1.93. The molecule has 0 aliphatic rings. The van der Waals surface area contributed by atoms with Crippen molar-refractivity contribution in [2.75, 3.05) is 24.3 Å².